The fourth-order valence-electron chi connectivity index (χ4n) is 0.990. The second-order valence-electron chi connectivity index (χ2n) is 2.22. The van der Waals surface area contributed by atoms with Gasteiger partial charge in [0.2, 0.25) is 0 Å². The number of hydrogen-bond acceptors (Lipinski definition) is 2. The summed E-state index contributed by atoms with van der Waals surface area (Å²) in [7, 11) is 0.483. The summed E-state index contributed by atoms with van der Waals surface area (Å²) in [5.41, 5.74) is 0. The van der Waals surface area contributed by atoms with Crippen molar-refractivity contribution in [1.29, 1.82) is 0 Å². The number of hydrogen-bond donors (Lipinski definition) is 0. The average Bonchev–Trinajstić information content (AvgIpc) is 2.34. The van der Waals surface area contributed by atoms with Gasteiger partial charge in [0.25, 0.3) is 0 Å². The summed E-state index contributed by atoms with van der Waals surface area (Å²) < 4.78 is 7.08. The van der Waals surface area contributed by atoms with Gasteiger partial charge in [-0.3, -0.25) is 0 Å². The highest BCUT2D eigenvalue weighted by atomic mass is 32.2. The van der Waals surface area contributed by atoms with Crippen molar-refractivity contribution < 1.29 is 1.37 Å². The van der Waals surface area contributed by atoms with E-state index >= 15 is 0 Å². The first kappa shape index (κ1) is 5.12. The Kier molecular flexibility index (Phi) is 1.75. The van der Waals surface area contributed by atoms with Gasteiger partial charge in [-0.15, -0.1) is 0 Å². The van der Waals surface area contributed by atoms with E-state index < -0.39 is 0 Å². The van der Waals surface area contributed by atoms with Gasteiger partial charge < -0.3 is 4.90 Å². The molecule has 1 nitrogen and oxygen atoms in total. The molecule has 1 fully saturated rings. The molecule has 1 aliphatic rings. The van der Waals surface area contributed by atoms with Gasteiger partial charge in [-0.2, -0.15) is 11.8 Å². The molecule has 0 spiro atoms. The lowest BCUT2D eigenvalue weighted by atomic mass is 10.4. The van der Waals surface area contributed by atoms with Crippen LogP contribution in [0.1, 0.15) is 7.79 Å². The van der Waals surface area contributed by atoms with Gasteiger partial charge in [0.05, 0.1) is 0 Å². The summed E-state index contributed by atoms with van der Waals surface area (Å²) in [5, 5.41) is 0.801. The van der Waals surface area contributed by atoms with Crippen LogP contribution in [0.4, 0.5) is 0 Å². The number of nitrogens with zero attached hydrogens (tertiary/aromatic N) is 1. The van der Waals surface area contributed by atoms with Crippen molar-refractivity contribution in [3.63, 3.8) is 0 Å². The SMILES string of the molecule is [3H]CN1CCC(SC)C1. The van der Waals surface area contributed by atoms with Crippen LogP contribution in [0.5, 0.6) is 0 Å². The lowest BCUT2D eigenvalue weighted by Crippen LogP contribution is -2.14. The molecule has 0 saturated carbocycles. The van der Waals surface area contributed by atoms with Gasteiger partial charge in [0.1, 0.15) is 0 Å². The molecule has 0 radical (unpaired) electrons. The van der Waals surface area contributed by atoms with E-state index in [2.05, 4.69) is 11.2 Å². The summed E-state index contributed by atoms with van der Waals surface area (Å²) in [4.78, 5) is 2.18. The van der Waals surface area contributed by atoms with E-state index in [9.17, 15) is 0 Å². The van der Waals surface area contributed by atoms with Gasteiger partial charge in [-0.25, -0.2) is 0 Å². The Morgan fingerprint density at radius 2 is 2.75 bits per heavy atom. The monoisotopic (exact) mass is 133 g/mol. The third-order valence-electron chi connectivity index (χ3n) is 1.56. The normalized spacial score (nSPS) is 33.1. The first-order chi connectivity index (χ1) is 4.36. The van der Waals surface area contributed by atoms with E-state index in [4.69, 9.17) is 1.37 Å². The van der Waals surface area contributed by atoms with Crippen molar-refractivity contribution in [1.82, 2.24) is 4.90 Å². The predicted octanol–water partition coefficient (Wildman–Crippen LogP) is 1.05. The Morgan fingerprint density at radius 3 is 3.12 bits per heavy atom. The minimum Gasteiger partial charge on any atom is -0.305 e. The molecular weight excluding hydrogens is 118 g/mol. The minimum absolute atomic E-state index is 0.483. The van der Waals surface area contributed by atoms with Crippen molar-refractivity contribution in [3.05, 3.63) is 0 Å². The van der Waals surface area contributed by atoms with Crippen LogP contribution < -0.4 is 0 Å². The van der Waals surface area contributed by atoms with Gasteiger partial charge in [0, 0.05) is 13.2 Å². The molecule has 0 bridgehead atoms. The van der Waals surface area contributed by atoms with E-state index in [0.717, 1.165) is 18.3 Å². The van der Waals surface area contributed by atoms with Gasteiger partial charge in [0.15, 0.2) is 0 Å². The molecular formula is C6H13NS. The van der Waals surface area contributed by atoms with E-state index in [1.807, 2.05) is 11.8 Å². The zero-order valence-electron chi connectivity index (χ0n) is 6.26. The Bertz CT molecular complexity index is 79.1. The molecule has 48 valence electrons. The van der Waals surface area contributed by atoms with Crippen LogP contribution in [0.3, 0.4) is 0 Å². The molecule has 0 aromatic rings. The smallest absolute Gasteiger partial charge is 0.0394 e. The maximum absolute atomic E-state index is 7.08. The third kappa shape index (κ3) is 1.39. The van der Waals surface area contributed by atoms with Crippen molar-refractivity contribution >= 4 is 11.8 Å². The summed E-state index contributed by atoms with van der Waals surface area (Å²) in [6.45, 7) is 2.26. The van der Waals surface area contributed by atoms with Gasteiger partial charge >= 0.3 is 0 Å². The zero-order valence-corrected chi connectivity index (χ0v) is 6.08. The molecule has 1 saturated heterocycles. The molecule has 0 aromatic carbocycles. The highest BCUT2D eigenvalue weighted by molar-refractivity contribution is 7.99. The van der Waals surface area contributed by atoms with Crippen LogP contribution >= 0.6 is 11.8 Å². The maximum atomic E-state index is 7.08. The van der Waals surface area contributed by atoms with Crippen LogP contribution in [-0.2, 0) is 0 Å². The molecule has 1 heterocycles. The molecule has 1 atom stereocenters. The molecule has 1 aliphatic heterocycles. The predicted molar refractivity (Wildman–Crippen MR) is 39.4 cm³/mol. The molecule has 1 rings (SSSR count). The van der Waals surface area contributed by atoms with Crippen molar-refractivity contribution in [3.8, 4) is 0 Å². The lowest BCUT2D eigenvalue weighted by Gasteiger charge is -2.05. The minimum atomic E-state index is 0.483. The number of rotatable bonds is 1. The second kappa shape index (κ2) is 2.74. The number of likely N-dealkylation sites (tertiary alicyclic amines) is 1. The molecule has 0 amide bonds. The Hall–Kier alpha value is 0.310. The van der Waals surface area contributed by atoms with Crippen LogP contribution in [0.25, 0.3) is 0 Å². The molecule has 8 heavy (non-hydrogen) atoms. The Morgan fingerprint density at radius 1 is 1.88 bits per heavy atom. The lowest BCUT2D eigenvalue weighted by molar-refractivity contribution is 0.419. The summed E-state index contributed by atoms with van der Waals surface area (Å²) in [6.07, 6.45) is 3.43. The largest absolute Gasteiger partial charge is 0.305 e. The molecule has 2 heteroatoms. The first-order valence-electron chi connectivity index (χ1n) is 3.62. The highest BCUT2D eigenvalue weighted by Crippen LogP contribution is 2.17. The summed E-state index contributed by atoms with van der Waals surface area (Å²) in [6, 6.07) is 0. The van der Waals surface area contributed by atoms with E-state index in [0.29, 0.717) is 7.02 Å². The molecule has 0 aliphatic carbocycles. The summed E-state index contributed by atoms with van der Waals surface area (Å²) >= 11 is 1.93. The molecule has 1 unspecified atom stereocenters. The fourth-order valence-corrected chi connectivity index (χ4v) is 1.69. The van der Waals surface area contributed by atoms with E-state index in [1.165, 1.54) is 6.42 Å². The quantitative estimate of drug-likeness (QED) is 0.526. The molecule has 0 N–H and O–H groups in total. The van der Waals surface area contributed by atoms with Gasteiger partial charge in [-0.1, -0.05) is 0 Å². The highest BCUT2D eigenvalue weighted by Gasteiger charge is 2.17. The number of thioether (sulfide) groups is 1. The average molecular weight is 133 g/mol. The van der Waals surface area contributed by atoms with Crippen LogP contribution in [0, 0.1) is 0 Å². The molecule has 0 aromatic heterocycles. The van der Waals surface area contributed by atoms with Gasteiger partial charge in [-0.05, 0) is 26.2 Å². The van der Waals surface area contributed by atoms with Crippen LogP contribution in [0.15, 0.2) is 0 Å². The van der Waals surface area contributed by atoms with E-state index in [1.54, 1.807) is 0 Å². The standard InChI is InChI=1S/C6H13NS/c1-7-4-3-6(5-7)8-2/h6H,3-5H2,1-2H3/i1T. The van der Waals surface area contributed by atoms with Crippen LogP contribution in [-0.4, -0.2) is 36.5 Å². The fraction of sp³-hybridized carbons (Fsp3) is 1.00. The summed E-state index contributed by atoms with van der Waals surface area (Å²) in [5.74, 6) is 0. The maximum Gasteiger partial charge on any atom is 0.0394 e. The topological polar surface area (TPSA) is 3.24 Å². The Labute approximate surface area is 56.8 Å². The van der Waals surface area contributed by atoms with Crippen molar-refractivity contribution in [2.24, 2.45) is 0 Å². The zero-order chi connectivity index (χ0) is 6.69. The first-order valence-corrected chi connectivity index (χ1v) is 4.20. The van der Waals surface area contributed by atoms with Crippen molar-refractivity contribution in [2.45, 2.75) is 11.7 Å². The van der Waals surface area contributed by atoms with Crippen LogP contribution in [0.2, 0.25) is 0 Å². The van der Waals surface area contributed by atoms with Crippen molar-refractivity contribution in [2.75, 3.05) is 26.4 Å². The third-order valence-corrected chi connectivity index (χ3v) is 2.61. The Balaban J connectivity index is 2.20. The second-order valence-corrected chi connectivity index (χ2v) is 3.36. The van der Waals surface area contributed by atoms with E-state index in [-0.39, 0.29) is 0 Å².